The summed E-state index contributed by atoms with van der Waals surface area (Å²) in [4.78, 5) is 30.1. The maximum absolute atomic E-state index is 12.9. The smallest absolute Gasteiger partial charge is 0.306 e. The number of thioether (sulfide) groups is 1. The van der Waals surface area contributed by atoms with E-state index < -0.39 is 0 Å². The number of rotatable bonds is 9. The molecule has 0 spiro atoms. The van der Waals surface area contributed by atoms with E-state index >= 15 is 0 Å². The highest BCUT2D eigenvalue weighted by Crippen LogP contribution is 2.34. The van der Waals surface area contributed by atoms with Gasteiger partial charge in [0.1, 0.15) is 10.7 Å². The summed E-state index contributed by atoms with van der Waals surface area (Å²) in [5, 5.41) is 4.15. The van der Waals surface area contributed by atoms with Crippen molar-refractivity contribution >= 4 is 74.7 Å². The average Bonchev–Trinajstić information content (AvgIpc) is 3.07. The molecular weight excluding hydrogens is 489 g/mol. The fourth-order valence-corrected chi connectivity index (χ4v) is 5.05. The number of hydrogen-bond acceptors (Lipinski definition) is 8. The van der Waals surface area contributed by atoms with Gasteiger partial charge in [0.25, 0.3) is 0 Å². The summed E-state index contributed by atoms with van der Waals surface area (Å²) >= 11 is 15.0. The van der Waals surface area contributed by atoms with Gasteiger partial charge in [0.05, 0.1) is 28.1 Å². The second-order valence-corrected chi connectivity index (χ2v) is 9.93. The van der Waals surface area contributed by atoms with Crippen LogP contribution in [0.15, 0.2) is 47.4 Å². The largest absolute Gasteiger partial charge is 0.463 e. The van der Waals surface area contributed by atoms with E-state index in [2.05, 4.69) is 10.3 Å². The minimum absolute atomic E-state index is 0.104. The van der Waals surface area contributed by atoms with E-state index in [0.29, 0.717) is 17.3 Å². The van der Waals surface area contributed by atoms with Crippen LogP contribution in [0.4, 0.5) is 16.6 Å². The Balaban J connectivity index is 1.68. The quantitative estimate of drug-likeness (QED) is 0.194. The summed E-state index contributed by atoms with van der Waals surface area (Å²) in [6, 6.07) is 12.5. The van der Waals surface area contributed by atoms with Gasteiger partial charge in [-0.1, -0.05) is 46.7 Å². The molecule has 0 aliphatic rings. The number of esters is 1. The number of halogens is 2. The molecule has 6 nitrogen and oxygen atoms in total. The van der Waals surface area contributed by atoms with E-state index in [1.807, 2.05) is 38.1 Å². The molecule has 3 N–H and O–H groups in total. The Kier molecular flexibility index (Phi) is 8.42. The van der Waals surface area contributed by atoms with Crippen LogP contribution in [0.2, 0.25) is 10.0 Å². The van der Waals surface area contributed by atoms with E-state index in [9.17, 15) is 9.59 Å². The Labute approximate surface area is 204 Å². The molecular formula is C22H21Cl2N3O3S2. The van der Waals surface area contributed by atoms with Crippen molar-refractivity contribution in [3.8, 4) is 0 Å². The maximum Gasteiger partial charge on any atom is 0.306 e. The molecule has 1 heterocycles. The number of hydrogen-bond donors (Lipinski definition) is 2. The highest BCUT2D eigenvalue weighted by atomic mass is 35.5. The fourth-order valence-electron chi connectivity index (χ4n) is 2.74. The lowest BCUT2D eigenvalue weighted by Crippen LogP contribution is -2.11. The van der Waals surface area contributed by atoms with Crippen LogP contribution in [0.3, 0.4) is 0 Å². The minimum atomic E-state index is -0.374. The van der Waals surface area contributed by atoms with Crippen LogP contribution < -0.4 is 11.1 Å². The number of anilines is 3. The van der Waals surface area contributed by atoms with Crippen molar-refractivity contribution in [2.24, 2.45) is 0 Å². The number of nitrogens with two attached hydrogens (primary N) is 1. The van der Waals surface area contributed by atoms with Crippen molar-refractivity contribution in [1.82, 2.24) is 4.98 Å². The zero-order chi connectivity index (χ0) is 23.3. The van der Waals surface area contributed by atoms with E-state index in [-0.39, 0.29) is 44.2 Å². The van der Waals surface area contributed by atoms with Gasteiger partial charge in [-0.2, -0.15) is 0 Å². The van der Waals surface area contributed by atoms with Crippen LogP contribution >= 0.6 is 46.3 Å². The van der Waals surface area contributed by atoms with Gasteiger partial charge >= 0.3 is 5.97 Å². The number of nitrogen functional groups attached to an aromatic ring is 1. The van der Waals surface area contributed by atoms with Gasteiger partial charge in [-0.05, 0) is 44.2 Å². The average molecular weight is 510 g/mol. The molecule has 168 valence electrons. The predicted octanol–water partition coefficient (Wildman–Crippen LogP) is 6.44. The van der Waals surface area contributed by atoms with E-state index in [1.165, 1.54) is 0 Å². The second-order valence-electron chi connectivity index (χ2n) is 6.95. The van der Waals surface area contributed by atoms with E-state index in [4.69, 9.17) is 33.7 Å². The third-order valence-corrected chi connectivity index (χ3v) is 6.69. The van der Waals surface area contributed by atoms with Gasteiger partial charge in [0, 0.05) is 16.3 Å². The first kappa shape index (κ1) is 24.4. The molecule has 0 saturated carbocycles. The highest BCUT2D eigenvalue weighted by molar-refractivity contribution is 7.99. The topological polar surface area (TPSA) is 94.3 Å². The number of ether oxygens (including phenoxy) is 1. The first-order chi connectivity index (χ1) is 15.2. The summed E-state index contributed by atoms with van der Waals surface area (Å²) < 4.78 is 5.14. The van der Waals surface area contributed by atoms with Crippen molar-refractivity contribution in [2.45, 2.75) is 31.3 Å². The number of aromatic nitrogens is 1. The van der Waals surface area contributed by atoms with Gasteiger partial charge in [-0.15, -0.1) is 11.8 Å². The van der Waals surface area contributed by atoms with Gasteiger partial charge in [0.2, 0.25) is 5.78 Å². The number of nitrogens with one attached hydrogen (secondary N) is 1. The van der Waals surface area contributed by atoms with Crippen LogP contribution in [0, 0.1) is 0 Å². The molecule has 2 aromatic carbocycles. The summed E-state index contributed by atoms with van der Waals surface area (Å²) in [6.07, 6.45) is 0.219. The lowest BCUT2D eigenvalue weighted by molar-refractivity contribution is -0.146. The number of carbonyl (C=O) groups excluding carboxylic acids is 2. The Morgan fingerprint density at radius 1 is 1.19 bits per heavy atom. The summed E-state index contributed by atoms with van der Waals surface area (Å²) in [7, 11) is 0. The van der Waals surface area contributed by atoms with Crippen LogP contribution in [-0.4, -0.2) is 28.6 Å². The second kappa shape index (κ2) is 11.0. The third-order valence-electron chi connectivity index (χ3n) is 4.08. The van der Waals surface area contributed by atoms with Crippen molar-refractivity contribution in [1.29, 1.82) is 0 Å². The summed E-state index contributed by atoms with van der Waals surface area (Å²) in [5.74, 6) is 0.126. The zero-order valence-electron chi connectivity index (χ0n) is 17.4. The molecule has 0 bridgehead atoms. The Bertz CT molecular complexity index is 1120. The standard InChI is InChI=1S/C22H21Cl2N3O3S2/c1-12(2)30-17(28)9-10-31-14-6-3-5-13(11-14)26-22-27-21(25)20(32-22)19(29)18-15(23)7-4-8-16(18)24/h3-8,11-12H,9-10,25H2,1-2H3,(H,26,27). The predicted molar refractivity (Wildman–Crippen MR) is 133 cm³/mol. The third kappa shape index (κ3) is 6.38. The molecule has 0 atom stereocenters. The first-order valence-electron chi connectivity index (χ1n) is 9.69. The number of nitrogens with zero attached hydrogens (tertiary/aromatic N) is 1. The fraction of sp³-hybridized carbons (Fsp3) is 0.227. The van der Waals surface area contributed by atoms with E-state index in [0.717, 1.165) is 21.9 Å². The van der Waals surface area contributed by atoms with Crippen LogP contribution in [-0.2, 0) is 9.53 Å². The summed E-state index contributed by atoms with van der Waals surface area (Å²) in [5.41, 5.74) is 6.98. The van der Waals surface area contributed by atoms with Gasteiger partial charge in [-0.3, -0.25) is 9.59 Å². The molecule has 0 fully saturated rings. The maximum atomic E-state index is 12.9. The van der Waals surface area contributed by atoms with Crippen LogP contribution in [0.1, 0.15) is 35.5 Å². The normalized spacial score (nSPS) is 10.9. The molecule has 0 amide bonds. The monoisotopic (exact) mass is 509 g/mol. The number of ketones is 1. The van der Waals surface area contributed by atoms with Crippen molar-refractivity contribution in [3.05, 3.63) is 63.0 Å². The molecule has 0 aliphatic heterocycles. The Hall–Kier alpha value is -2.26. The lowest BCUT2D eigenvalue weighted by Gasteiger charge is -2.08. The van der Waals surface area contributed by atoms with Crippen molar-refractivity contribution in [3.63, 3.8) is 0 Å². The SMILES string of the molecule is CC(C)OC(=O)CCSc1cccc(Nc2nc(N)c(C(=O)c3c(Cl)cccc3Cl)s2)c1. The Morgan fingerprint density at radius 3 is 2.56 bits per heavy atom. The molecule has 3 aromatic rings. The minimum Gasteiger partial charge on any atom is -0.463 e. The van der Waals surface area contributed by atoms with Crippen LogP contribution in [0.5, 0.6) is 0 Å². The number of carbonyl (C=O) groups is 2. The molecule has 1 aromatic heterocycles. The molecule has 0 saturated heterocycles. The lowest BCUT2D eigenvalue weighted by atomic mass is 10.1. The highest BCUT2D eigenvalue weighted by Gasteiger charge is 2.22. The van der Waals surface area contributed by atoms with E-state index in [1.54, 1.807) is 30.0 Å². The Morgan fingerprint density at radius 2 is 1.88 bits per heavy atom. The molecule has 0 radical (unpaired) electrons. The molecule has 3 rings (SSSR count). The van der Waals surface area contributed by atoms with Crippen molar-refractivity contribution < 1.29 is 14.3 Å². The van der Waals surface area contributed by atoms with Crippen LogP contribution in [0.25, 0.3) is 0 Å². The number of thiazole rings is 1. The van der Waals surface area contributed by atoms with Gasteiger partial charge in [-0.25, -0.2) is 4.98 Å². The molecule has 10 heteroatoms. The molecule has 0 aliphatic carbocycles. The molecule has 32 heavy (non-hydrogen) atoms. The zero-order valence-corrected chi connectivity index (χ0v) is 20.5. The summed E-state index contributed by atoms with van der Waals surface area (Å²) in [6.45, 7) is 3.65. The molecule has 0 unspecified atom stereocenters. The van der Waals surface area contributed by atoms with Gasteiger partial charge < -0.3 is 15.8 Å². The van der Waals surface area contributed by atoms with Gasteiger partial charge in [0.15, 0.2) is 5.13 Å². The number of benzene rings is 2. The van der Waals surface area contributed by atoms with Crippen molar-refractivity contribution in [2.75, 3.05) is 16.8 Å². The first-order valence-corrected chi connectivity index (χ1v) is 12.2.